The second-order valence-electron chi connectivity index (χ2n) is 6.98. The molecule has 150 valence electrons. The highest BCUT2D eigenvalue weighted by atomic mass is 32.1. The predicted octanol–water partition coefficient (Wildman–Crippen LogP) is 3.24. The van der Waals surface area contributed by atoms with E-state index in [1.807, 2.05) is 0 Å². The van der Waals surface area contributed by atoms with Crippen LogP contribution >= 0.6 is 11.3 Å². The molecule has 2 N–H and O–H groups in total. The van der Waals surface area contributed by atoms with Crippen LogP contribution in [0.25, 0.3) is 10.7 Å². The Morgan fingerprint density at radius 2 is 2.10 bits per heavy atom. The number of thiazole rings is 1. The fourth-order valence-corrected chi connectivity index (χ4v) is 4.31. The van der Waals surface area contributed by atoms with Crippen molar-refractivity contribution in [1.29, 1.82) is 0 Å². The molecule has 0 aromatic carbocycles. The lowest BCUT2D eigenvalue weighted by molar-refractivity contribution is -0.136. The van der Waals surface area contributed by atoms with E-state index in [0.717, 1.165) is 0 Å². The summed E-state index contributed by atoms with van der Waals surface area (Å²) >= 11 is 1.24. The molecule has 0 spiro atoms. The summed E-state index contributed by atoms with van der Waals surface area (Å²) in [6.07, 6.45) is 2.35. The summed E-state index contributed by atoms with van der Waals surface area (Å²) in [5, 5.41) is 20.7. The number of alkyl halides is 1. The van der Waals surface area contributed by atoms with Gasteiger partial charge in [-0.2, -0.15) is 0 Å². The van der Waals surface area contributed by atoms with Crippen molar-refractivity contribution in [3.8, 4) is 10.7 Å². The summed E-state index contributed by atoms with van der Waals surface area (Å²) in [7, 11) is 0. The number of aliphatic carboxylic acids is 1. The molecular weight excluding hydrogens is 400 g/mol. The molecule has 0 radical (unpaired) electrons. The Bertz CT molecular complexity index is 1020. The van der Waals surface area contributed by atoms with Crippen LogP contribution in [0.4, 0.5) is 14.6 Å². The molecule has 1 aliphatic carbocycles. The van der Waals surface area contributed by atoms with Gasteiger partial charge in [0.2, 0.25) is 0 Å². The molecule has 4 rings (SSSR count). The molecule has 0 unspecified atom stereocenters. The zero-order valence-electron chi connectivity index (χ0n) is 15.2. The Morgan fingerprint density at radius 1 is 1.28 bits per heavy atom. The molecule has 7 nitrogen and oxygen atoms in total. The van der Waals surface area contributed by atoms with Crippen LogP contribution in [0.3, 0.4) is 0 Å². The molecule has 0 atom stereocenters. The lowest BCUT2D eigenvalue weighted by atomic mass is 9.65. The number of carboxylic acids is 1. The molecule has 0 aliphatic heterocycles. The minimum Gasteiger partial charge on any atom is -0.481 e. The van der Waals surface area contributed by atoms with Crippen LogP contribution in [0.1, 0.15) is 23.4 Å². The summed E-state index contributed by atoms with van der Waals surface area (Å²) < 4.78 is 27.8. The first-order valence-corrected chi connectivity index (χ1v) is 9.76. The number of hydrogen-bond donors (Lipinski definition) is 2. The second kappa shape index (κ2) is 7.78. The molecule has 1 aliphatic rings. The van der Waals surface area contributed by atoms with E-state index in [1.54, 1.807) is 12.1 Å². The average Bonchev–Trinajstić information content (AvgIpc) is 3.13. The Kier molecular flexibility index (Phi) is 5.18. The molecule has 1 saturated carbocycles. The molecule has 1 fully saturated rings. The topological polar surface area (TPSA) is 101 Å². The number of carboxylic acid groups (broad SMARTS) is 1. The van der Waals surface area contributed by atoms with Gasteiger partial charge in [-0.25, -0.2) is 13.8 Å². The van der Waals surface area contributed by atoms with Crippen LogP contribution in [0.5, 0.6) is 0 Å². The molecule has 10 heteroatoms. The number of carbonyl (C=O) groups is 1. The third kappa shape index (κ3) is 4.07. The maximum atomic E-state index is 14.2. The molecule has 0 amide bonds. The summed E-state index contributed by atoms with van der Waals surface area (Å²) in [4.78, 5) is 19.7. The minimum atomic E-state index is -0.975. The van der Waals surface area contributed by atoms with Gasteiger partial charge in [0.25, 0.3) is 0 Å². The van der Waals surface area contributed by atoms with Gasteiger partial charge in [0.05, 0.1) is 12.1 Å². The number of pyridine rings is 1. The largest absolute Gasteiger partial charge is 0.481 e. The molecule has 0 bridgehead atoms. The van der Waals surface area contributed by atoms with Crippen molar-refractivity contribution in [2.75, 3.05) is 11.9 Å². The smallest absolute Gasteiger partial charge is 0.308 e. The van der Waals surface area contributed by atoms with Gasteiger partial charge in [-0.1, -0.05) is 0 Å². The molecule has 3 aromatic heterocycles. The minimum absolute atomic E-state index is 0.0908. The Balaban J connectivity index is 1.45. The van der Waals surface area contributed by atoms with Crippen LogP contribution in [0.2, 0.25) is 0 Å². The first-order chi connectivity index (χ1) is 13.9. The highest BCUT2D eigenvalue weighted by Crippen LogP contribution is 2.45. The summed E-state index contributed by atoms with van der Waals surface area (Å²) in [6, 6.07) is 6.26. The SMILES string of the molecule is O=C(O)Cc1cnc(-c2ccc(NCC3(c4ncccc4F)CC(F)C3)nn2)s1. The number of halogens is 2. The van der Waals surface area contributed by atoms with E-state index in [9.17, 15) is 13.6 Å². The van der Waals surface area contributed by atoms with E-state index >= 15 is 0 Å². The highest BCUT2D eigenvalue weighted by Gasteiger charge is 2.48. The normalized spacial score (nSPS) is 20.8. The van der Waals surface area contributed by atoms with Gasteiger partial charge < -0.3 is 10.4 Å². The van der Waals surface area contributed by atoms with Gasteiger partial charge in [-0.3, -0.25) is 9.78 Å². The van der Waals surface area contributed by atoms with E-state index < -0.39 is 23.4 Å². The Labute approximate surface area is 168 Å². The lowest BCUT2D eigenvalue weighted by Gasteiger charge is -2.43. The Morgan fingerprint density at radius 3 is 2.76 bits per heavy atom. The van der Waals surface area contributed by atoms with E-state index in [4.69, 9.17) is 5.11 Å². The van der Waals surface area contributed by atoms with E-state index in [2.05, 4.69) is 25.5 Å². The second-order valence-corrected chi connectivity index (χ2v) is 8.09. The molecule has 0 saturated heterocycles. The van der Waals surface area contributed by atoms with Crippen molar-refractivity contribution in [2.24, 2.45) is 0 Å². The van der Waals surface area contributed by atoms with E-state index in [0.29, 0.717) is 21.4 Å². The standard InChI is InChI=1S/C19H17F2N5O2S/c20-11-7-19(8-11,17-13(21)2-1-5-22-17)10-24-15-4-3-14(25-26-15)18-23-9-12(29-18)6-16(27)28/h1-5,9,11H,6-8,10H2,(H,24,26)(H,27,28). The molecule has 3 heterocycles. The number of rotatable bonds is 7. The quantitative estimate of drug-likeness (QED) is 0.609. The number of nitrogens with zero attached hydrogens (tertiary/aromatic N) is 4. The first-order valence-electron chi connectivity index (χ1n) is 8.95. The Hall–Kier alpha value is -3.01. The third-order valence-corrected chi connectivity index (χ3v) is 5.88. The van der Waals surface area contributed by atoms with Crippen molar-refractivity contribution in [3.63, 3.8) is 0 Å². The van der Waals surface area contributed by atoms with Crippen molar-refractivity contribution >= 4 is 23.1 Å². The van der Waals surface area contributed by atoms with Crippen LogP contribution in [-0.4, -0.2) is 44.0 Å². The summed E-state index contributed by atoms with van der Waals surface area (Å²) in [5.74, 6) is -0.895. The van der Waals surface area contributed by atoms with E-state index in [-0.39, 0.29) is 31.5 Å². The zero-order valence-corrected chi connectivity index (χ0v) is 16.0. The number of nitrogens with one attached hydrogen (secondary N) is 1. The van der Waals surface area contributed by atoms with Gasteiger partial charge >= 0.3 is 5.97 Å². The van der Waals surface area contributed by atoms with Crippen molar-refractivity contribution in [2.45, 2.75) is 30.8 Å². The van der Waals surface area contributed by atoms with Gasteiger partial charge in [-0.05, 0) is 37.1 Å². The number of hydrogen-bond acceptors (Lipinski definition) is 7. The molecular formula is C19H17F2N5O2S. The van der Waals surface area contributed by atoms with Crippen LogP contribution in [0.15, 0.2) is 36.7 Å². The van der Waals surface area contributed by atoms with Crippen molar-refractivity contribution in [3.05, 3.63) is 53.0 Å². The van der Waals surface area contributed by atoms with Gasteiger partial charge in [0.1, 0.15) is 28.5 Å². The average molecular weight is 417 g/mol. The van der Waals surface area contributed by atoms with Gasteiger partial charge in [0, 0.05) is 29.2 Å². The maximum Gasteiger partial charge on any atom is 0.308 e. The monoisotopic (exact) mass is 417 g/mol. The maximum absolute atomic E-state index is 14.2. The molecule has 3 aromatic rings. The van der Waals surface area contributed by atoms with Gasteiger partial charge in [-0.15, -0.1) is 21.5 Å². The summed E-state index contributed by atoms with van der Waals surface area (Å²) in [5.41, 5.74) is 0.0708. The molecule has 29 heavy (non-hydrogen) atoms. The first kappa shape index (κ1) is 19.3. The summed E-state index contributed by atoms with van der Waals surface area (Å²) in [6.45, 7) is 0.287. The van der Waals surface area contributed by atoms with Gasteiger partial charge in [0.15, 0.2) is 0 Å². The fraction of sp³-hybridized carbons (Fsp3) is 0.316. The predicted molar refractivity (Wildman–Crippen MR) is 103 cm³/mol. The van der Waals surface area contributed by atoms with Crippen LogP contribution in [-0.2, 0) is 16.6 Å². The van der Waals surface area contributed by atoms with Crippen molar-refractivity contribution < 1.29 is 18.7 Å². The number of anilines is 1. The third-order valence-electron chi connectivity index (χ3n) is 4.86. The number of aromatic nitrogens is 4. The van der Waals surface area contributed by atoms with Crippen LogP contribution < -0.4 is 5.32 Å². The van der Waals surface area contributed by atoms with E-state index in [1.165, 1.54) is 35.9 Å². The zero-order chi connectivity index (χ0) is 20.4. The van der Waals surface area contributed by atoms with Crippen molar-refractivity contribution in [1.82, 2.24) is 20.2 Å². The fourth-order valence-electron chi connectivity index (χ4n) is 3.44. The van der Waals surface area contributed by atoms with Crippen LogP contribution in [0, 0.1) is 5.82 Å². The highest BCUT2D eigenvalue weighted by molar-refractivity contribution is 7.15. The lowest BCUT2D eigenvalue weighted by Crippen LogP contribution is -2.49.